The largest absolute Gasteiger partial charge is 0.369 e. The number of alkyl halides is 2. The van der Waals surface area contributed by atoms with E-state index < -0.39 is 6.17 Å². The zero-order valence-corrected chi connectivity index (χ0v) is 14.2. The number of carbonyl (C=O) groups excluding carboxylic acids is 2. The molecule has 0 aliphatic carbocycles. The van der Waals surface area contributed by atoms with Crippen LogP contribution in [0.2, 0.25) is 0 Å². The first-order chi connectivity index (χ1) is 10.5. The summed E-state index contributed by atoms with van der Waals surface area (Å²) in [7, 11) is 0. The second-order valence-electron chi connectivity index (χ2n) is 4.79. The summed E-state index contributed by atoms with van der Waals surface area (Å²) in [5, 5.41) is 5.40. The maximum atomic E-state index is 11.3. The van der Waals surface area contributed by atoms with Gasteiger partial charge in [0.2, 0.25) is 11.8 Å². The van der Waals surface area contributed by atoms with Gasteiger partial charge in [-0.25, -0.2) is 0 Å². The van der Waals surface area contributed by atoms with Crippen LogP contribution in [0.15, 0.2) is 24.3 Å². The number of benzene rings is 1. The quantitative estimate of drug-likeness (QED) is 0.561. The molecule has 0 atom stereocenters. The topological polar surface area (TPSA) is 61.4 Å². The number of rotatable bonds is 8. The van der Waals surface area contributed by atoms with Crippen molar-refractivity contribution in [3.05, 3.63) is 29.8 Å². The summed E-state index contributed by atoms with van der Waals surface area (Å²) in [4.78, 5) is 24.6. The minimum Gasteiger partial charge on any atom is -0.369 e. The number of nitrogens with one attached hydrogen (secondary N) is 2. The summed E-state index contributed by atoms with van der Waals surface area (Å²) in [6.45, 7) is 4.22. The van der Waals surface area contributed by atoms with Crippen molar-refractivity contribution in [2.24, 2.45) is 0 Å². The lowest BCUT2D eigenvalue weighted by Gasteiger charge is -2.24. The molecule has 0 heterocycles. The predicted octanol–water partition coefficient (Wildman–Crippen LogP) is 2.24. The molecular weight excluding hydrogens is 325 g/mol. The van der Waals surface area contributed by atoms with Crippen molar-refractivity contribution in [2.45, 2.75) is 20.0 Å². The highest BCUT2D eigenvalue weighted by atomic mass is 35.5. The Kier molecular flexibility index (Phi) is 8.06. The molecule has 1 rings (SSSR count). The first kappa shape index (κ1) is 18.6. The molecule has 0 bridgehead atoms. The highest BCUT2D eigenvalue weighted by Crippen LogP contribution is 2.18. The summed E-state index contributed by atoms with van der Waals surface area (Å²) >= 11 is 11.6. The smallest absolute Gasteiger partial charge is 0.218 e. The Morgan fingerprint density at radius 1 is 1.00 bits per heavy atom. The lowest BCUT2D eigenvalue weighted by molar-refractivity contribution is -0.122. The Bertz CT molecular complexity index is 472. The zero-order chi connectivity index (χ0) is 16.5. The van der Waals surface area contributed by atoms with E-state index in [1.165, 1.54) is 13.8 Å². The van der Waals surface area contributed by atoms with Gasteiger partial charge in [-0.1, -0.05) is 12.1 Å². The highest BCUT2D eigenvalue weighted by molar-refractivity contribution is 6.18. The Morgan fingerprint density at radius 2 is 1.45 bits per heavy atom. The van der Waals surface area contributed by atoms with E-state index in [9.17, 15) is 9.59 Å². The van der Waals surface area contributed by atoms with Gasteiger partial charge >= 0.3 is 0 Å². The van der Waals surface area contributed by atoms with Gasteiger partial charge in [-0.3, -0.25) is 9.59 Å². The molecule has 0 radical (unpaired) electrons. The second-order valence-corrected chi connectivity index (χ2v) is 5.55. The molecule has 0 spiro atoms. The molecule has 0 unspecified atom stereocenters. The van der Waals surface area contributed by atoms with Gasteiger partial charge in [0, 0.05) is 44.4 Å². The van der Waals surface area contributed by atoms with Crippen LogP contribution < -0.4 is 15.5 Å². The van der Waals surface area contributed by atoms with E-state index in [4.69, 9.17) is 23.2 Å². The SMILES string of the molecule is CC(=O)NC(NC(C)=O)c1ccc(N(CCCl)CCCl)cc1. The number of anilines is 1. The summed E-state index contributed by atoms with van der Waals surface area (Å²) < 4.78 is 0. The van der Waals surface area contributed by atoms with E-state index >= 15 is 0 Å². The summed E-state index contributed by atoms with van der Waals surface area (Å²) in [6, 6.07) is 7.57. The number of amides is 2. The van der Waals surface area contributed by atoms with Crippen molar-refractivity contribution in [3.63, 3.8) is 0 Å². The number of nitrogens with zero attached hydrogens (tertiary/aromatic N) is 1. The van der Waals surface area contributed by atoms with Crippen molar-refractivity contribution < 1.29 is 9.59 Å². The van der Waals surface area contributed by atoms with Gasteiger partial charge in [0.25, 0.3) is 0 Å². The lowest BCUT2D eigenvalue weighted by atomic mass is 10.1. The minimum absolute atomic E-state index is 0.214. The van der Waals surface area contributed by atoms with Gasteiger partial charge in [0.15, 0.2) is 0 Å². The lowest BCUT2D eigenvalue weighted by Crippen LogP contribution is -2.39. The standard InChI is InChI=1S/C15H21Cl2N3O2/c1-11(21)18-15(19-12(2)22)13-3-5-14(6-4-13)20(9-7-16)10-8-17/h3-6,15H,7-10H2,1-2H3,(H,18,21)(H,19,22). The molecule has 1 aromatic rings. The van der Waals surface area contributed by atoms with Crippen LogP contribution in [-0.2, 0) is 9.59 Å². The second kappa shape index (κ2) is 9.54. The van der Waals surface area contributed by atoms with E-state index in [2.05, 4.69) is 15.5 Å². The maximum Gasteiger partial charge on any atom is 0.218 e. The number of carbonyl (C=O) groups is 2. The monoisotopic (exact) mass is 345 g/mol. The Labute approximate surface area is 141 Å². The summed E-state index contributed by atoms with van der Waals surface area (Å²) in [6.07, 6.45) is -0.543. The third-order valence-corrected chi connectivity index (χ3v) is 3.33. The fourth-order valence-corrected chi connectivity index (χ4v) is 2.47. The molecule has 0 aromatic heterocycles. The Morgan fingerprint density at radius 3 is 1.82 bits per heavy atom. The molecule has 0 saturated heterocycles. The van der Waals surface area contributed by atoms with Crippen LogP contribution in [0.5, 0.6) is 0 Å². The van der Waals surface area contributed by atoms with E-state index in [1.807, 2.05) is 24.3 Å². The van der Waals surface area contributed by atoms with Crippen molar-refractivity contribution in [1.29, 1.82) is 0 Å². The number of hydrogen-bond acceptors (Lipinski definition) is 3. The van der Waals surface area contributed by atoms with Gasteiger partial charge in [0.1, 0.15) is 6.17 Å². The minimum atomic E-state index is -0.543. The Hall–Kier alpha value is -1.46. The average molecular weight is 346 g/mol. The molecule has 2 N–H and O–H groups in total. The first-order valence-electron chi connectivity index (χ1n) is 6.99. The molecule has 2 amide bonds. The predicted molar refractivity (Wildman–Crippen MR) is 90.5 cm³/mol. The molecule has 0 saturated carbocycles. The van der Waals surface area contributed by atoms with E-state index in [-0.39, 0.29) is 11.8 Å². The van der Waals surface area contributed by atoms with Crippen molar-refractivity contribution in [2.75, 3.05) is 29.7 Å². The van der Waals surface area contributed by atoms with E-state index in [0.717, 1.165) is 11.3 Å². The first-order valence-corrected chi connectivity index (χ1v) is 8.06. The number of hydrogen-bond donors (Lipinski definition) is 2. The van der Waals surface area contributed by atoms with Gasteiger partial charge in [-0.05, 0) is 17.7 Å². The molecule has 0 aliphatic heterocycles. The molecule has 22 heavy (non-hydrogen) atoms. The third-order valence-electron chi connectivity index (χ3n) is 3.00. The van der Waals surface area contributed by atoms with Gasteiger partial charge in [-0.2, -0.15) is 0 Å². The summed E-state index contributed by atoms with van der Waals surface area (Å²) in [5.74, 6) is 0.598. The molecule has 5 nitrogen and oxygen atoms in total. The van der Waals surface area contributed by atoms with Gasteiger partial charge < -0.3 is 15.5 Å². The fourth-order valence-electron chi connectivity index (χ4n) is 2.06. The molecule has 7 heteroatoms. The van der Waals surface area contributed by atoms with Crippen LogP contribution in [0.3, 0.4) is 0 Å². The third kappa shape index (κ3) is 6.12. The fraction of sp³-hybridized carbons (Fsp3) is 0.467. The maximum absolute atomic E-state index is 11.3. The number of halogens is 2. The molecule has 0 aliphatic rings. The normalized spacial score (nSPS) is 10.4. The highest BCUT2D eigenvalue weighted by Gasteiger charge is 2.14. The summed E-state index contributed by atoms with van der Waals surface area (Å²) in [5.41, 5.74) is 1.79. The molecule has 0 fully saturated rings. The van der Waals surface area contributed by atoms with Gasteiger partial charge in [-0.15, -0.1) is 23.2 Å². The van der Waals surface area contributed by atoms with Crippen molar-refractivity contribution in [1.82, 2.24) is 10.6 Å². The van der Waals surface area contributed by atoms with Crippen LogP contribution in [0.4, 0.5) is 5.69 Å². The van der Waals surface area contributed by atoms with Gasteiger partial charge in [0.05, 0.1) is 0 Å². The van der Waals surface area contributed by atoms with Crippen LogP contribution in [0.1, 0.15) is 25.6 Å². The van der Waals surface area contributed by atoms with Crippen LogP contribution in [-0.4, -0.2) is 36.7 Å². The van der Waals surface area contributed by atoms with Crippen molar-refractivity contribution in [3.8, 4) is 0 Å². The molecule has 122 valence electrons. The van der Waals surface area contributed by atoms with Crippen LogP contribution >= 0.6 is 23.2 Å². The Balaban J connectivity index is 2.91. The molecule has 1 aromatic carbocycles. The van der Waals surface area contributed by atoms with Crippen molar-refractivity contribution >= 4 is 40.7 Å². The van der Waals surface area contributed by atoms with E-state index in [1.54, 1.807) is 0 Å². The van der Waals surface area contributed by atoms with Crippen LogP contribution in [0, 0.1) is 0 Å². The molecular formula is C15H21Cl2N3O2. The van der Waals surface area contributed by atoms with E-state index in [0.29, 0.717) is 24.8 Å². The average Bonchev–Trinajstić information content (AvgIpc) is 2.45. The zero-order valence-electron chi connectivity index (χ0n) is 12.7. The van der Waals surface area contributed by atoms with Crippen LogP contribution in [0.25, 0.3) is 0 Å².